The van der Waals surface area contributed by atoms with E-state index in [4.69, 9.17) is 0 Å². The van der Waals surface area contributed by atoms with Crippen molar-refractivity contribution in [2.45, 2.75) is 182 Å². The topological polar surface area (TPSA) is 0 Å². The third kappa shape index (κ3) is 13.7. The van der Waals surface area contributed by atoms with Gasteiger partial charge in [-0.1, -0.05) is 158 Å². The van der Waals surface area contributed by atoms with Crippen LogP contribution in [0.5, 0.6) is 0 Å². The Hall–Kier alpha value is -0.300. The van der Waals surface area contributed by atoms with Gasteiger partial charge in [0.1, 0.15) is 0 Å². The lowest BCUT2D eigenvalue weighted by Crippen LogP contribution is -2.12. The number of unbranched alkanes of at least 4 members (excludes halogenated alkanes) is 12. The summed E-state index contributed by atoms with van der Waals surface area (Å²) in [6.07, 6.45) is 25.7. The summed E-state index contributed by atoms with van der Waals surface area (Å²) >= 11 is 2.09. The van der Waals surface area contributed by atoms with E-state index in [0.29, 0.717) is 0 Å². The summed E-state index contributed by atoms with van der Waals surface area (Å²) in [5.41, 5.74) is 2.18. The van der Waals surface area contributed by atoms with Crippen molar-refractivity contribution in [1.29, 1.82) is 0 Å². The summed E-state index contributed by atoms with van der Waals surface area (Å²) < 4.78 is 0. The van der Waals surface area contributed by atoms with E-state index < -0.39 is 0 Å². The second-order valence-electron chi connectivity index (χ2n) is 13.2. The molecule has 1 rings (SSSR count). The minimum Gasteiger partial charge on any atom is -0.144 e. The van der Waals surface area contributed by atoms with Crippen LogP contribution >= 0.6 is 11.3 Å². The average Bonchev–Trinajstić information content (AvgIpc) is 3.21. The quantitative estimate of drug-likeness (QED) is 0.169. The van der Waals surface area contributed by atoms with Gasteiger partial charge >= 0.3 is 0 Å². The van der Waals surface area contributed by atoms with Crippen molar-refractivity contribution in [2.24, 2.45) is 5.92 Å². The van der Waals surface area contributed by atoms with Crippen LogP contribution < -0.4 is 0 Å². The first-order valence-corrected chi connectivity index (χ1v) is 16.0. The van der Waals surface area contributed by atoms with Gasteiger partial charge in [0.25, 0.3) is 0 Å². The molecule has 0 bridgehead atoms. The van der Waals surface area contributed by atoms with Crippen LogP contribution in [0.4, 0.5) is 0 Å². The normalized spacial score (nSPS) is 13.5. The Kier molecular flexibility index (Phi) is 16.1. The molecule has 0 aliphatic heterocycles. The van der Waals surface area contributed by atoms with E-state index in [1.54, 1.807) is 15.3 Å². The molecular formula is C33H62S. The Labute approximate surface area is 220 Å². The number of thiophene rings is 1. The zero-order chi connectivity index (χ0) is 25.5. The van der Waals surface area contributed by atoms with E-state index in [9.17, 15) is 0 Å². The van der Waals surface area contributed by atoms with E-state index in [1.807, 2.05) is 0 Å². The van der Waals surface area contributed by atoms with Crippen LogP contribution in [0.25, 0.3) is 0 Å². The summed E-state index contributed by atoms with van der Waals surface area (Å²) in [5.74, 6) is 0.928. The van der Waals surface area contributed by atoms with Gasteiger partial charge in [-0.2, -0.15) is 0 Å². The average molecular weight is 491 g/mol. The Morgan fingerprint density at radius 2 is 1.03 bits per heavy atom. The van der Waals surface area contributed by atoms with Crippen LogP contribution in [-0.4, -0.2) is 0 Å². The summed E-state index contributed by atoms with van der Waals surface area (Å²) in [6, 6.07) is 2.57. The van der Waals surface area contributed by atoms with Gasteiger partial charge in [-0.25, -0.2) is 0 Å². The lowest BCUT2D eigenvalue weighted by atomic mass is 9.85. The van der Waals surface area contributed by atoms with Gasteiger partial charge < -0.3 is 0 Å². The molecular weight excluding hydrogens is 428 g/mol. The maximum absolute atomic E-state index is 2.57. The summed E-state index contributed by atoms with van der Waals surface area (Å²) in [7, 11) is 0. The van der Waals surface area contributed by atoms with Crippen LogP contribution in [0.2, 0.25) is 0 Å². The summed E-state index contributed by atoms with van der Waals surface area (Å²) in [5, 5.41) is 0. The molecule has 0 radical (unpaired) electrons. The maximum Gasteiger partial charge on any atom is 0.0134 e. The Bertz CT molecular complexity index is 609. The maximum atomic E-state index is 2.57. The van der Waals surface area contributed by atoms with Gasteiger partial charge in [0, 0.05) is 9.75 Å². The highest BCUT2D eigenvalue weighted by atomic mass is 32.1. The monoisotopic (exact) mass is 490 g/mol. The summed E-state index contributed by atoms with van der Waals surface area (Å²) in [4.78, 5) is 3.21. The molecule has 34 heavy (non-hydrogen) atoms. The van der Waals surface area contributed by atoms with E-state index in [1.165, 1.54) is 116 Å². The second-order valence-corrected chi connectivity index (χ2v) is 14.2. The minimum absolute atomic E-state index is 0.260. The lowest BCUT2D eigenvalue weighted by Gasteiger charge is -2.21. The largest absolute Gasteiger partial charge is 0.144 e. The van der Waals surface area contributed by atoms with E-state index >= 15 is 0 Å². The van der Waals surface area contributed by atoms with E-state index in [0.717, 1.165) is 5.92 Å². The van der Waals surface area contributed by atoms with E-state index in [-0.39, 0.29) is 10.8 Å². The van der Waals surface area contributed by atoms with Gasteiger partial charge in [-0.05, 0) is 41.2 Å². The predicted molar refractivity (Wildman–Crippen MR) is 159 cm³/mol. The second kappa shape index (κ2) is 17.2. The first-order chi connectivity index (χ1) is 16.1. The molecule has 0 spiro atoms. The SMILES string of the molecule is CCCCCCCCCCC(CCCCCCCC)CCc1cc(C(C)(C)C)sc1C(C)(C)C. The minimum atomic E-state index is 0.260. The van der Waals surface area contributed by atoms with Crippen molar-refractivity contribution >= 4 is 11.3 Å². The van der Waals surface area contributed by atoms with Gasteiger partial charge in [0.15, 0.2) is 0 Å². The molecule has 1 aromatic rings. The summed E-state index contributed by atoms with van der Waals surface area (Å²) in [6.45, 7) is 19.0. The lowest BCUT2D eigenvalue weighted by molar-refractivity contribution is 0.379. The van der Waals surface area contributed by atoms with Crippen molar-refractivity contribution in [3.05, 3.63) is 21.4 Å². The van der Waals surface area contributed by atoms with Crippen LogP contribution in [0.15, 0.2) is 6.07 Å². The first kappa shape index (κ1) is 31.7. The fourth-order valence-electron chi connectivity index (χ4n) is 5.19. The molecule has 0 aliphatic rings. The fraction of sp³-hybridized carbons (Fsp3) is 0.879. The molecule has 0 saturated carbocycles. The van der Waals surface area contributed by atoms with Crippen molar-refractivity contribution in [1.82, 2.24) is 0 Å². The molecule has 1 unspecified atom stereocenters. The number of aryl methyl sites for hydroxylation is 1. The highest BCUT2D eigenvalue weighted by Gasteiger charge is 2.26. The van der Waals surface area contributed by atoms with Gasteiger partial charge in [0.05, 0.1) is 0 Å². The van der Waals surface area contributed by atoms with Crippen molar-refractivity contribution in [3.8, 4) is 0 Å². The number of hydrogen-bond donors (Lipinski definition) is 0. The molecule has 0 saturated heterocycles. The Morgan fingerprint density at radius 1 is 0.588 bits per heavy atom. The first-order valence-electron chi connectivity index (χ1n) is 15.2. The molecule has 0 N–H and O–H groups in total. The van der Waals surface area contributed by atoms with Crippen LogP contribution in [0.3, 0.4) is 0 Å². The standard InChI is InChI=1S/C33H62S/c1-9-11-13-15-17-18-20-22-24-28(23-21-19-16-14-12-10-2)25-26-29-27-30(32(3,4)5)34-31(29)33(6,7)8/h27-28H,9-26H2,1-8H3. The molecule has 0 aromatic carbocycles. The van der Waals surface area contributed by atoms with Gasteiger partial charge in [-0.3, -0.25) is 0 Å². The molecule has 1 heterocycles. The molecule has 1 heteroatoms. The molecule has 1 aromatic heterocycles. The zero-order valence-electron chi connectivity index (χ0n) is 24.8. The van der Waals surface area contributed by atoms with Crippen LogP contribution in [-0.2, 0) is 17.3 Å². The molecule has 0 amide bonds. The van der Waals surface area contributed by atoms with Gasteiger partial charge in [0.2, 0.25) is 0 Å². The third-order valence-electron chi connectivity index (χ3n) is 7.48. The molecule has 1 atom stereocenters. The van der Waals surface area contributed by atoms with Crippen LogP contribution in [0.1, 0.15) is 180 Å². The van der Waals surface area contributed by atoms with E-state index in [2.05, 4.69) is 72.8 Å². The molecule has 200 valence electrons. The molecule has 0 fully saturated rings. The number of rotatable bonds is 19. The van der Waals surface area contributed by atoms with Crippen LogP contribution in [0, 0.1) is 5.92 Å². The zero-order valence-corrected chi connectivity index (χ0v) is 25.6. The smallest absolute Gasteiger partial charge is 0.0134 e. The molecule has 0 nitrogen and oxygen atoms in total. The Balaban J connectivity index is 2.63. The highest BCUT2D eigenvalue weighted by Crippen LogP contribution is 2.40. The van der Waals surface area contributed by atoms with Gasteiger partial charge in [-0.15, -0.1) is 11.3 Å². The van der Waals surface area contributed by atoms with Crippen molar-refractivity contribution in [2.75, 3.05) is 0 Å². The van der Waals surface area contributed by atoms with Crippen molar-refractivity contribution < 1.29 is 0 Å². The number of hydrogen-bond acceptors (Lipinski definition) is 1. The Morgan fingerprint density at radius 3 is 1.44 bits per heavy atom. The predicted octanol–water partition coefficient (Wildman–Crippen LogP) is 12.2. The highest BCUT2D eigenvalue weighted by molar-refractivity contribution is 7.12. The molecule has 0 aliphatic carbocycles. The third-order valence-corrected chi connectivity index (χ3v) is 9.51. The fourth-order valence-corrected chi connectivity index (χ4v) is 6.52. The van der Waals surface area contributed by atoms with Crippen molar-refractivity contribution in [3.63, 3.8) is 0 Å².